The monoisotopic (exact) mass is 411 g/mol. The summed E-state index contributed by atoms with van der Waals surface area (Å²) in [4.78, 5) is 24.6. The molecule has 1 unspecified atom stereocenters. The standard InChI is InChI=1S/C22H25N3O5/c26-21(11-12-24-13-15-30-16-14-24)18-4-6-19(7-5-18)23-22(27)10-3-17-1-8-20(9-2-17)25(28)29/h1-10,21,26H,11-16H2,(H,23,27)/b10-3+. The smallest absolute Gasteiger partial charge is 0.269 e. The van der Waals surface area contributed by atoms with Crippen molar-refractivity contribution in [2.45, 2.75) is 12.5 Å². The summed E-state index contributed by atoms with van der Waals surface area (Å²) in [5.74, 6) is -0.311. The molecule has 8 heteroatoms. The SMILES string of the molecule is O=C(/C=C/c1ccc([N+](=O)[O-])cc1)Nc1ccc(C(O)CCN2CCOCC2)cc1. The zero-order valence-electron chi connectivity index (χ0n) is 16.6. The first-order chi connectivity index (χ1) is 14.5. The number of aliphatic hydroxyl groups excluding tert-OH is 1. The molecule has 1 fully saturated rings. The average molecular weight is 411 g/mol. The Morgan fingerprint density at radius 1 is 1.17 bits per heavy atom. The summed E-state index contributed by atoms with van der Waals surface area (Å²) < 4.78 is 5.32. The summed E-state index contributed by atoms with van der Waals surface area (Å²) in [6.07, 6.45) is 3.04. The minimum Gasteiger partial charge on any atom is -0.388 e. The molecule has 1 aliphatic heterocycles. The minimum atomic E-state index is -0.556. The van der Waals surface area contributed by atoms with E-state index in [0.29, 0.717) is 17.7 Å². The van der Waals surface area contributed by atoms with Crippen LogP contribution in [0.1, 0.15) is 23.7 Å². The first-order valence-electron chi connectivity index (χ1n) is 9.83. The summed E-state index contributed by atoms with van der Waals surface area (Å²) in [5, 5.41) is 23.8. The number of nitro benzene ring substituents is 1. The molecule has 2 aromatic carbocycles. The molecule has 2 N–H and O–H groups in total. The third-order valence-corrected chi connectivity index (χ3v) is 4.92. The molecule has 1 amide bonds. The van der Waals surface area contributed by atoms with Gasteiger partial charge in [-0.3, -0.25) is 19.8 Å². The molecule has 2 aromatic rings. The largest absolute Gasteiger partial charge is 0.388 e. The summed E-state index contributed by atoms with van der Waals surface area (Å²) >= 11 is 0. The number of ether oxygens (including phenoxy) is 1. The van der Waals surface area contributed by atoms with Crippen LogP contribution in [-0.4, -0.2) is 53.7 Å². The zero-order valence-corrected chi connectivity index (χ0v) is 16.6. The lowest BCUT2D eigenvalue weighted by Gasteiger charge is -2.27. The molecule has 0 radical (unpaired) electrons. The van der Waals surface area contributed by atoms with Gasteiger partial charge in [0.1, 0.15) is 0 Å². The molecule has 1 atom stereocenters. The Kier molecular flexibility index (Phi) is 7.67. The highest BCUT2D eigenvalue weighted by molar-refractivity contribution is 6.01. The first kappa shape index (κ1) is 21.6. The van der Waals surface area contributed by atoms with Crippen LogP contribution < -0.4 is 5.32 Å². The third-order valence-electron chi connectivity index (χ3n) is 4.92. The van der Waals surface area contributed by atoms with Crippen LogP contribution in [-0.2, 0) is 9.53 Å². The fourth-order valence-corrected chi connectivity index (χ4v) is 3.15. The number of carbonyl (C=O) groups excluding carboxylic acids is 1. The Hall–Kier alpha value is -3.07. The molecule has 1 saturated heterocycles. The number of amides is 1. The van der Waals surface area contributed by atoms with Crippen molar-refractivity contribution in [2.75, 3.05) is 38.2 Å². The van der Waals surface area contributed by atoms with Gasteiger partial charge in [-0.15, -0.1) is 0 Å². The van der Waals surface area contributed by atoms with Gasteiger partial charge in [-0.05, 0) is 47.9 Å². The zero-order chi connectivity index (χ0) is 21.3. The number of rotatable bonds is 8. The number of hydrogen-bond acceptors (Lipinski definition) is 6. The van der Waals surface area contributed by atoms with Crippen molar-refractivity contribution in [3.8, 4) is 0 Å². The maximum Gasteiger partial charge on any atom is 0.269 e. The van der Waals surface area contributed by atoms with Crippen molar-refractivity contribution in [1.29, 1.82) is 0 Å². The van der Waals surface area contributed by atoms with E-state index in [4.69, 9.17) is 4.74 Å². The summed E-state index contributed by atoms with van der Waals surface area (Å²) in [6.45, 7) is 4.08. The number of aliphatic hydroxyl groups is 1. The number of benzene rings is 2. The fraction of sp³-hybridized carbons (Fsp3) is 0.318. The van der Waals surface area contributed by atoms with Gasteiger partial charge in [0.15, 0.2) is 0 Å². The van der Waals surface area contributed by atoms with E-state index < -0.39 is 11.0 Å². The number of nitrogens with zero attached hydrogens (tertiary/aromatic N) is 2. The van der Waals surface area contributed by atoms with Crippen molar-refractivity contribution in [1.82, 2.24) is 4.90 Å². The highest BCUT2D eigenvalue weighted by Crippen LogP contribution is 2.20. The van der Waals surface area contributed by atoms with E-state index >= 15 is 0 Å². The Bertz CT molecular complexity index is 875. The van der Waals surface area contributed by atoms with Gasteiger partial charge in [0.05, 0.1) is 24.2 Å². The van der Waals surface area contributed by atoms with Crippen LogP contribution in [0, 0.1) is 10.1 Å². The number of nitrogens with one attached hydrogen (secondary N) is 1. The predicted octanol–water partition coefficient (Wildman–Crippen LogP) is 3.00. The summed E-state index contributed by atoms with van der Waals surface area (Å²) in [5.41, 5.74) is 2.12. The van der Waals surface area contributed by atoms with Crippen LogP contribution in [0.5, 0.6) is 0 Å². The number of anilines is 1. The number of morpholine rings is 1. The van der Waals surface area contributed by atoms with E-state index in [1.165, 1.54) is 18.2 Å². The molecule has 1 aliphatic rings. The van der Waals surface area contributed by atoms with Crippen LogP contribution in [0.3, 0.4) is 0 Å². The molecule has 30 heavy (non-hydrogen) atoms. The van der Waals surface area contributed by atoms with E-state index in [2.05, 4.69) is 10.2 Å². The quantitative estimate of drug-likeness (QED) is 0.393. The van der Waals surface area contributed by atoms with E-state index in [9.17, 15) is 20.0 Å². The maximum atomic E-state index is 12.1. The molecular weight excluding hydrogens is 386 g/mol. The average Bonchev–Trinajstić information content (AvgIpc) is 2.77. The Morgan fingerprint density at radius 3 is 2.47 bits per heavy atom. The van der Waals surface area contributed by atoms with Crippen molar-refractivity contribution < 1.29 is 19.6 Å². The van der Waals surface area contributed by atoms with Gasteiger partial charge in [-0.25, -0.2) is 0 Å². The van der Waals surface area contributed by atoms with Crippen LogP contribution >= 0.6 is 0 Å². The van der Waals surface area contributed by atoms with Crippen LogP contribution in [0.15, 0.2) is 54.6 Å². The highest BCUT2D eigenvalue weighted by Gasteiger charge is 2.14. The van der Waals surface area contributed by atoms with Crippen molar-refractivity contribution >= 4 is 23.4 Å². The van der Waals surface area contributed by atoms with Gasteiger partial charge in [0, 0.05) is 43.5 Å². The van der Waals surface area contributed by atoms with Gasteiger partial charge < -0.3 is 15.2 Å². The molecular formula is C22H25N3O5. The lowest BCUT2D eigenvalue weighted by Crippen LogP contribution is -2.37. The molecule has 1 heterocycles. The molecule has 0 bridgehead atoms. The van der Waals surface area contributed by atoms with Crippen LogP contribution in [0.2, 0.25) is 0 Å². The van der Waals surface area contributed by atoms with Crippen LogP contribution in [0.4, 0.5) is 11.4 Å². The Morgan fingerprint density at radius 2 is 1.83 bits per heavy atom. The number of non-ortho nitro benzene ring substituents is 1. The summed E-state index contributed by atoms with van der Waals surface area (Å²) in [7, 11) is 0. The van der Waals surface area contributed by atoms with Gasteiger partial charge in [-0.1, -0.05) is 12.1 Å². The second-order valence-corrected chi connectivity index (χ2v) is 7.05. The number of carbonyl (C=O) groups is 1. The predicted molar refractivity (Wildman–Crippen MR) is 114 cm³/mol. The van der Waals surface area contributed by atoms with E-state index in [-0.39, 0.29) is 11.6 Å². The van der Waals surface area contributed by atoms with Crippen LogP contribution in [0.25, 0.3) is 6.08 Å². The van der Waals surface area contributed by atoms with Crippen molar-refractivity contribution in [2.24, 2.45) is 0 Å². The minimum absolute atomic E-state index is 0.00354. The molecule has 0 saturated carbocycles. The summed E-state index contributed by atoms with van der Waals surface area (Å²) in [6, 6.07) is 13.1. The van der Waals surface area contributed by atoms with Crippen molar-refractivity contribution in [3.05, 3.63) is 75.8 Å². The molecule has 3 rings (SSSR count). The van der Waals surface area contributed by atoms with Crippen molar-refractivity contribution in [3.63, 3.8) is 0 Å². The Balaban J connectivity index is 1.48. The maximum absolute atomic E-state index is 12.1. The third kappa shape index (κ3) is 6.48. The lowest BCUT2D eigenvalue weighted by atomic mass is 10.1. The second kappa shape index (κ2) is 10.6. The Labute approximate surface area is 174 Å². The molecule has 0 aromatic heterocycles. The first-order valence-corrected chi connectivity index (χ1v) is 9.83. The van der Waals surface area contributed by atoms with E-state index in [1.807, 2.05) is 0 Å². The van der Waals surface area contributed by atoms with E-state index in [0.717, 1.165) is 38.4 Å². The van der Waals surface area contributed by atoms with Gasteiger partial charge in [0.25, 0.3) is 5.69 Å². The van der Waals surface area contributed by atoms with Gasteiger partial charge in [-0.2, -0.15) is 0 Å². The highest BCUT2D eigenvalue weighted by atomic mass is 16.6. The van der Waals surface area contributed by atoms with E-state index in [1.54, 1.807) is 42.5 Å². The second-order valence-electron chi connectivity index (χ2n) is 7.05. The van der Waals surface area contributed by atoms with Gasteiger partial charge >= 0.3 is 0 Å². The molecule has 0 aliphatic carbocycles. The fourth-order valence-electron chi connectivity index (χ4n) is 3.15. The molecule has 158 valence electrons. The topological polar surface area (TPSA) is 105 Å². The normalized spacial score (nSPS) is 15.8. The lowest BCUT2D eigenvalue weighted by molar-refractivity contribution is -0.384. The van der Waals surface area contributed by atoms with Gasteiger partial charge in [0.2, 0.25) is 5.91 Å². The number of nitro groups is 1. The molecule has 8 nitrogen and oxygen atoms in total. The number of hydrogen-bond donors (Lipinski definition) is 2. The molecule has 0 spiro atoms.